The van der Waals surface area contributed by atoms with Crippen molar-refractivity contribution >= 4 is 19.1 Å². The molecule has 0 amide bonds. The Bertz CT molecular complexity index is 292. The molecule has 1 rings (SSSR count). The van der Waals surface area contributed by atoms with E-state index in [9.17, 15) is 0 Å². The van der Waals surface area contributed by atoms with Crippen molar-refractivity contribution in [3.05, 3.63) is 29.8 Å². The second-order valence-corrected chi connectivity index (χ2v) is 2.58. The van der Waals surface area contributed by atoms with Crippen LogP contribution in [0.25, 0.3) is 0 Å². The van der Waals surface area contributed by atoms with Crippen molar-refractivity contribution in [2.45, 2.75) is 13.0 Å². The van der Waals surface area contributed by atoms with Crippen molar-refractivity contribution < 1.29 is 0 Å². The molecular formula is C10H12N2. The van der Waals surface area contributed by atoms with Crippen LogP contribution < -0.4 is 0 Å². The lowest BCUT2D eigenvalue weighted by Gasteiger charge is -2.07. The fourth-order valence-corrected chi connectivity index (χ4v) is 1.08. The Morgan fingerprint density at radius 1 is 1.25 bits per heavy atom. The van der Waals surface area contributed by atoms with E-state index in [2.05, 4.69) is 23.4 Å². The number of aliphatic imine (C=N–C) groups is 2. The number of hydrogen-bond donors (Lipinski definition) is 0. The second kappa shape index (κ2) is 3.81. The van der Waals surface area contributed by atoms with Crippen molar-refractivity contribution in [2.75, 3.05) is 0 Å². The van der Waals surface area contributed by atoms with Crippen molar-refractivity contribution in [3.63, 3.8) is 0 Å². The monoisotopic (exact) mass is 160 g/mol. The molecule has 12 heavy (non-hydrogen) atoms. The van der Waals surface area contributed by atoms with E-state index in [0.717, 1.165) is 11.3 Å². The molecule has 0 bridgehead atoms. The molecule has 1 aromatic rings. The largest absolute Gasteiger partial charge is 0.293 e. The normalized spacial score (nSPS) is 12.1. The maximum Gasteiger partial charge on any atom is 0.0734 e. The smallest absolute Gasteiger partial charge is 0.0734 e. The van der Waals surface area contributed by atoms with Gasteiger partial charge in [0, 0.05) is 5.56 Å². The van der Waals surface area contributed by atoms with Gasteiger partial charge in [-0.3, -0.25) is 9.98 Å². The second-order valence-electron chi connectivity index (χ2n) is 2.58. The number of benzene rings is 1. The summed E-state index contributed by atoms with van der Waals surface area (Å²) in [6, 6.07) is 7.90. The summed E-state index contributed by atoms with van der Waals surface area (Å²) in [7, 11) is 0. The summed E-state index contributed by atoms with van der Waals surface area (Å²) >= 11 is 0. The molecule has 1 unspecified atom stereocenters. The molecule has 2 nitrogen and oxygen atoms in total. The molecule has 0 aliphatic rings. The zero-order valence-electron chi connectivity index (χ0n) is 7.20. The van der Waals surface area contributed by atoms with Crippen LogP contribution in [-0.4, -0.2) is 13.4 Å². The molecule has 0 aliphatic carbocycles. The highest BCUT2D eigenvalue weighted by atomic mass is 14.8. The lowest BCUT2D eigenvalue weighted by atomic mass is 10.1. The van der Waals surface area contributed by atoms with Gasteiger partial charge in [-0.05, 0) is 26.4 Å². The van der Waals surface area contributed by atoms with Crippen molar-refractivity contribution in [2.24, 2.45) is 9.98 Å². The molecule has 0 fully saturated rings. The minimum absolute atomic E-state index is 0.0895. The fraction of sp³-hybridized carbons (Fsp3) is 0.200. The highest BCUT2D eigenvalue weighted by Crippen LogP contribution is 2.26. The van der Waals surface area contributed by atoms with E-state index in [1.54, 1.807) is 0 Å². The topological polar surface area (TPSA) is 24.7 Å². The quantitative estimate of drug-likeness (QED) is 0.607. The Balaban J connectivity index is 3.12. The summed E-state index contributed by atoms with van der Waals surface area (Å²) < 4.78 is 0. The first-order valence-electron chi connectivity index (χ1n) is 3.81. The molecule has 0 N–H and O–H groups in total. The van der Waals surface area contributed by atoms with Gasteiger partial charge in [0.15, 0.2) is 0 Å². The molecule has 2 heteroatoms. The highest BCUT2D eigenvalue weighted by molar-refractivity contribution is 5.52. The molecule has 0 radical (unpaired) electrons. The summed E-state index contributed by atoms with van der Waals surface area (Å²) in [5, 5.41) is 0. The Labute approximate surface area is 72.7 Å². The zero-order chi connectivity index (χ0) is 8.97. The molecule has 1 atom stereocenters. The Morgan fingerprint density at radius 3 is 2.50 bits per heavy atom. The molecular weight excluding hydrogens is 148 g/mol. The third-order valence-electron chi connectivity index (χ3n) is 1.83. The standard InChI is InChI=1S/C10H12N2/c1-8(11-2)9-6-4-5-7-10(9)12-3/h4-8H,2-3H2,1H3. The molecule has 0 heterocycles. The summed E-state index contributed by atoms with van der Waals surface area (Å²) in [5.74, 6) is 0. The average Bonchev–Trinajstić information content (AvgIpc) is 2.16. The Hall–Kier alpha value is -1.44. The van der Waals surface area contributed by atoms with Crippen molar-refractivity contribution in [1.29, 1.82) is 0 Å². The van der Waals surface area contributed by atoms with E-state index in [1.165, 1.54) is 0 Å². The van der Waals surface area contributed by atoms with E-state index >= 15 is 0 Å². The van der Waals surface area contributed by atoms with Gasteiger partial charge in [-0.25, -0.2) is 0 Å². The number of hydrogen-bond acceptors (Lipinski definition) is 2. The first-order valence-corrected chi connectivity index (χ1v) is 3.81. The number of para-hydroxylation sites is 1. The lowest BCUT2D eigenvalue weighted by Crippen LogP contribution is -1.88. The third-order valence-corrected chi connectivity index (χ3v) is 1.83. The number of rotatable bonds is 3. The van der Waals surface area contributed by atoms with Crippen LogP contribution in [0.5, 0.6) is 0 Å². The van der Waals surface area contributed by atoms with Crippen LogP contribution in [0.4, 0.5) is 5.69 Å². The van der Waals surface area contributed by atoms with Crippen LogP contribution in [0, 0.1) is 0 Å². The van der Waals surface area contributed by atoms with Crippen LogP contribution in [0.1, 0.15) is 18.5 Å². The van der Waals surface area contributed by atoms with Gasteiger partial charge < -0.3 is 0 Å². The van der Waals surface area contributed by atoms with Crippen LogP contribution in [0.2, 0.25) is 0 Å². The maximum absolute atomic E-state index is 3.93. The zero-order valence-corrected chi connectivity index (χ0v) is 7.20. The molecule has 0 aliphatic heterocycles. The lowest BCUT2D eigenvalue weighted by molar-refractivity contribution is 0.829. The molecule has 0 saturated carbocycles. The van der Waals surface area contributed by atoms with Crippen LogP contribution in [-0.2, 0) is 0 Å². The van der Waals surface area contributed by atoms with Crippen LogP contribution in [0.3, 0.4) is 0 Å². The minimum atomic E-state index is 0.0895. The first-order chi connectivity index (χ1) is 5.79. The van der Waals surface area contributed by atoms with E-state index < -0.39 is 0 Å². The maximum atomic E-state index is 3.93. The average molecular weight is 160 g/mol. The van der Waals surface area contributed by atoms with Gasteiger partial charge in [-0.1, -0.05) is 18.2 Å². The Morgan fingerprint density at radius 2 is 1.92 bits per heavy atom. The molecule has 1 aromatic carbocycles. The van der Waals surface area contributed by atoms with Gasteiger partial charge in [0.25, 0.3) is 0 Å². The van der Waals surface area contributed by atoms with Gasteiger partial charge in [0.05, 0.1) is 11.7 Å². The van der Waals surface area contributed by atoms with E-state index in [-0.39, 0.29) is 6.04 Å². The van der Waals surface area contributed by atoms with Gasteiger partial charge in [0.1, 0.15) is 0 Å². The number of nitrogens with zero attached hydrogens (tertiary/aromatic N) is 2. The minimum Gasteiger partial charge on any atom is -0.293 e. The highest BCUT2D eigenvalue weighted by Gasteiger charge is 2.05. The predicted molar refractivity (Wildman–Crippen MR) is 53.6 cm³/mol. The predicted octanol–water partition coefficient (Wildman–Crippen LogP) is 2.78. The summed E-state index contributed by atoms with van der Waals surface area (Å²) in [4.78, 5) is 7.83. The molecule has 0 spiro atoms. The fourth-order valence-electron chi connectivity index (χ4n) is 1.08. The van der Waals surface area contributed by atoms with Gasteiger partial charge in [0.2, 0.25) is 0 Å². The van der Waals surface area contributed by atoms with Crippen LogP contribution >= 0.6 is 0 Å². The molecule has 0 aromatic heterocycles. The van der Waals surface area contributed by atoms with E-state index in [4.69, 9.17) is 0 Å². The molecule has 62 valence electrons. The van der Waals surface area contributed by atoms with Gasteiger partial charge in [-0.2, -0.15) is 0 Å². The van der Waals surface area contributed by atoms with E-state index in [1.807, 2.05) is 31.2 Å². The molecule has 0 saturated heterocycles. The van der Waals surface area contributed by atoms with Gasteiger partial charge in [-0.15, -0.1) is 0 Å². The third kappa shape index (κ3) is 1.59. The van der Waals surface area contributed by atoms with Crippen molar-refractivity contribution in [1.82, 2.24) is 0 Å². The first kappa shape index (κ1) is 8.65. The van der Waals surface area contributed by atoms with Gasteiger partial charge >= 0.3 is 0 Å². The van der Waals surface area contributed by atoms with Crippen molar-refractivity contribution in [3.8, 4) is 0 Å². The van der Waals surface area contributed by atoms with E-state index in [0.29, 0.717) is 0 Å². The SMILES string of the molecule is C=Nc1ccccc1C(C)N=C. The Kier molecular flexibility index (Phi) is 2.75. The summed E-state index contributed by atoms with van der Waals surface area (Å²) in [5.41, 5.74) is 1.96. The van der Waals surface area contributed by atoms with Crippen LogP contribution in [0.15, 0.2) is 34.3 Å². The summed E-state index contributed by atoms with van der Waals surface area (Å²) in [6.45, 7) is 8.98. The summed E-state index contributed by atoms with van der Waals surface area (Å²) in [6.07, 6.45) is 0.